The van der Waals surface area contributed by atoms with E-state index in [-0.39, 0.29) is 0 Å². The van der Waals surface area contributed by atoms with Crippen LogP contribution in [0.25, 0.3) is 0 Å². The molecule has 0 N–H and O–H groups in total. The van der Waals surface area contributed by atoms with E-state index in [2.05, 4.69) is 23.8 Å². The van der Waals surface area contributed by atoms with Crippen LogP contribution >= 0.6 is 12.2 Å². The molecule has 0 aromatic heterocycles. The minimum atomic E-state index is 1.65. The molecular weight excluding hydrogens is 104 g/mol. The number of thiocarbonyl (C=S) groups is 1. The van der Waals surface area contributed by atoms with E-state index in [1.54, 1.807) is 24.3 Å². The average Bonchev–Trinajstić information content (AvgIpc) is 1.69. The molecule has 0 unspecified atom stereocenters. The fourth-order valence-electron chi connectivity index (χ4n) is 0.173. The van der Waals surface area contributed by atoms with Crippen molar-refractivity contribution in [3.05, 3.63) is 30.9 Å². The van der Waals surface area contributed by atoms with Gasteiger partial charge in [0.2, 0.25) is 0 Å². The summed E-state index contributed by atoms with van der Waals surface area (Å²) in [6, 6.07) is 0. The van der Waals surface area contributed by atoms with Crippen LogP contribution in [-0.4, -0.2) is 5.02 Å². The van der Waals surface area contributed by atoms with Gasteiger partial charge in [0.15, 0.2) is 0 Å². The third kappa shape index (κ3) is 5.35. The van der Waals surface area contributed by atoms with Gasteiger partial charge in [0.1, 0.15) is 0 Å². The molecule has 0 aliphatic carbocycles. The first-order valence-corrected chi connectivity index (χ1v) is 2.31. The first kappa shape index (κ1) is 6.35. The summed E-state index contributed by atoms with van der Waals surface area (Å²) in [7, 11) is 0. The van der Waals surface area contributed by atoms with Gasteiger partial charge in [-0.25, -0.2) is 0 Å². The van der Waals surface area contributed by atoms with Gasteiger partial charge in [-0.1, -0.05) is 24.8 Å². The minimum absolute atomic E-state index is 1.65. The van der Waals surface area contributed by atoms with Gasteiger partial charge in [-0.2, -0.15) is 0 Å². The van der Waals surface area contributed by atoms with E-state index in [0.29, 0.717) is 0 Å². The van der Waals surface area contributed by atoms with Crippen LogP contribution < -0.4 is 0 Å². The van der Waals surface area contributed by atoms with E-state index < -0.39 is 0 Å². The highest BCUT2D eigenvalue weighted by molar-refractivity contribution is 7.78. The van der Waals surface area contributed by atoms with Crippen LogP contribution in [0.1, 0.15) is 0 Å². The second-order valence-corrected chi connectivity index (χ2v) is 1.14. The Morgan fingerprint density at radius 3 is 2.57 bits per heavy atom. The van der Waals surface area contributed by atoms with Gasteiger partial charge in [-0.05, 0) is 23.3 Å². The lowest BCUT2D eigenvalue weighted by Gasteiger charge is -1.60. The lowest BCUT2D eigenvalue weighted by atomic mass is 10.5. The van der Waals surface area contributed by atoms with E-state index >= 15 is 0 Å². The van der Waals surface area contributed by atoms with Crippen LogP contribution in [0.2, 0.25) is 0 Å². The highest BCUT2D eigenvalue weighted by atomic mass is 32.1. The van der Waals surface area contributed by atoms with Crippen molar-refractivity contribution in [2.24, 2.45) is 0 Å². The first-order chi connectivity index (χ1) is 3.41. The normalized spacial score (nSPS) is 8.00. The first-order valence-electron chi connectivity index (χ1n) is 1.90. The maximum absolute atomic E-state index is 4.37. The second-order valence-electron chi connectivity index (χ2n) is 0.905. The third-order valence-corrected chi connectivity index (χ3v) is 0.548. The summed E-state index contributed by atoms with van der Waals surface area (Å²) in [6.45, 7) is 3.46. The Kier molecular flexibility index (Phi) is 4.85. The molecule has 0 saturated heterocycles. The van der Waals surface area contributed by atoms with Crippen molar-refractivity contribution in [1.82, 2.24) is 0 Å². The van der Waals surface area contributed by atoms with Crippen LogP contribution in [0.5, 0.6) is 0 Å². The molecule has 0 aromatic carbocycles. The molecule has 0 rings (SSSR count). The monoisotopic (exact) mass is 110 g/mol. The molecule has 0 aliphatic rings. The highest BCUT2D eigenvalue weighted by Crippen LogP contribution is 1.69. The van der Waals surface area contributed by atoms with E-state index in [4.69, 9.17) is 0 Å². The fourth-order valence-corrected chi connectivity index (χ4v) is 0.252. The molecule has 0 fully saturated rings. The Labute approximate surface area is 48.9 Å². The molecule has 0 amide bonds. The Hall–Kier alpha value is -0.650. The zero-order valence-corrected chi connectivity index (χ0v) is 4.74. The Bertz CT molecular complexity index is 116. The van der Waals surface area contributed by atoms with Crippen LogP contribution in [-0.2, 0) is 0 Å². The van der Waals surface area contributed by atoms with Gasteiger partial charge in [0.25, 0.3) is 0 Å². The van der Waals surface area contributed by atoms with Crippen molar-refractivity contribution in [3.8, 4) is 0 Å². The lowest BCUT2D eigenvalue weighted by molar-refractivity contribution is 2.01. The zero-order valence-electron chi connectivity index (χ0n) is 3.92. The second kappa shape index (κ2) is 5.35. The molecule has 0 aliphatic heterocycles. The molecule has 0 saturated carbocycles. The predicted molar refractivity (Wildman–Crippen MR) is 36.5 cm³/mol. The number of allylic oxidation sites excluding steroid dienone is 4. The van der Waals surface area contributed by atoms with Crippen molar-refractivity contribution < 1.29 is 0 Å². The topological polar surface area (TPSA) is 0 Å². The molecule has 0 spiro atoms. The molecule has 0 atom stereocenters. The molecule has 36 valence electrons. The summed E-state index contributed by atoms with van der Waals surface area (Å²) in [5.41, 5.74) is 0. The largest absolute Gasteiger partial charge is 0.0991 e. The number of hydrogen-bond donors (Lipinski definition) is 0. The summed E-state index contributed by atoms with van der Waals surface area (Å²) in [5, 5.41) is 2.43. The zero-order chi connectivity index (χ0) is 5.54. The van der Waals surface area contributed by atoms with Crippen molar-refractivity contribution >= 4 is 17.2 Å². The van der Waals surface area contributed by atoms with E-state index in [1.165, 1.54) is 0 Å². The van der Waals surface area contributed by atoms with Gasteiger partial charge in [-0.15, -0.1) is 0 Å². The van der Waals surface area contributed by atoms with Crippen molar-refractivity contribution in [3.63, 3.8) is 0 Å². The standard InChI is InChI=1S/C6H6S/c1-2-3-4-5-6-7/h2-5H,1H2/b4-3-. The van der Waals surface area contributed by atoms with Crippen molar-refractivity contribution in [2.75, 3.05) is 0 Å². The fraction of sp³-hybridized carbons (Fsp3) is 0. The van der Waals surface area contributed by atoms with Crippen LogP contribution in [0.3, 0.4) is 0 Å². The van der Waals surface area contributed by atoms with E-state index in [0.717, 1.165) is 0 Å². The summed E-state index contributed by atoms with van der Waals surface area (Å²) in [6.07, 6.45) is 6.90. The Morgan fingerprint density at radius 2 is 2.14 bits per heavy atom. The molecule has 0 aromatic rings. The van der Waals surface area contributed by atoms with Gasteiger partial charge >= 0.3 is 0 Å². The van der Waals surface area contributed by atoms with Crippen LogP contribution in [0, 0.1) is 0 Å². The van der Waals surface area contributed by atoms with Crippen LogP contribution in [0.15, 0.2) is 30.9 Å². The molecule has 0 bridgehead atoms. The predicted octanol–water partition coefficient (Wildman–Crippen LogP) is 1.88. The van der Waals surface area contributed by atoms with Crippen molar-refractivity contribution in [1.29, 1.82) is 0 Å². The lowest BCUT2D eigenvalue weighted by Crippen LogP contribution is -1.43. The quantitative estimate of drug-likeness (QED) is 0.386. The van der Waals surface area contributed by atoms with Gasteiger partial charge < -0.3 is 0 Å². The van der Waals surface area contributed by atoms with Gasteiger partial charge in [0, 0.05) is 0 Å². The van der Waals surface area contributed by atoms with Gasteiger partial charge in [-0.3, -0.25) is 0 Å². The van der Waals surface area contributed by atoms with E-state index in [1.807, 2.05) is 0 Å². The average molecular weight is 110 g/mol. The summed E-state index contributed by atoms with van der Waals surface area (Å²) in [5.74, 6) is 0. The Morgan fingerprint density at radius 1 is 1.43 bits per heavy atom. The summed E-state index contributed by atoms with van der Waals surface area (Å²) < 4.78 is 0. The third-order valence-electron chi connectivity index (χ3n) is 0.411. The van der Waals surface area contributed by atoms with Crippen molar-refractivity contribution in [2.45, 2.75) is 0 Å². The summed E-state index contributed by atoms with van der Waals surface area (Å²) in [4.78, 5) is 0. The highest BCUT2D eigenvalue weighted by Gasteiger charge is 1.51. The SMILES string of the molecule is C=C/C=C\C=C=S. The van der Waals surface area contributed by atoms with Gasteiger partial charge in [0.05, 0.1) is 0 Å². The maximum Gasteiger partial charge on any atom is -0.00837 e. The molecule has 1 heteroatoms. The van der Waals surface area contributed by atoms with E-state index in [9.17, 15) is 0 Å². The number of rotatable bonds is 2. The molecular formula is C6H6S. The maximum atomic E-state index is 4.37. The summed E-state index contributed by atoms with van der Waals surface area (Å²) >= 11 is 4.37. The number of hydrogen-bond acceptors (Lipinski definition) is 1. The molecule has 0 radical (unpaired) electrons. The smallest absolute Gasteiger partial charge is 0.00837 e. The van der Waals surface area contributed by atoms with Crippen LogP contribution in [0.4, 0.5) is 0 Å². The minimum Gasteiger partial charge on any atom is -0.0991 e. The Balaban J connectivity index is 3.47. The molecule has 0 heterocycles. The molecule has 7 heavy (non-hydrogen) atoms. The molecule has 0 nitrogen and oxygen atoms in total.